The van der Waals surface area contributed by atoms with E-state index in [1.54, 1.807) is 0 Å². The number of rotatable bonds is 3. The molecular formula is C27H39La. The van der Waals surface area contributed by atoms with E-state index in [0.717, 1.165) is 0 Å². The van der Waals surface area contributed by atoms with Crippen LogP contribution >= 0.6 is 0 Å². The van der Waals surface area contributed by atoms with E-state index in [0.29, 0.717) is 0 Å². The first kappa shape index (κ1) is 22.3. The standard InChI is InChI=1S/3C9H13.La/c3*1-9(2,3)8-6-4-5-7-8;/h3*4-7H,1-3H3;. The van der Waals surface area contributed by atoms with Crippen molar-refractivity contribution in [2.75, 3.05) is 0 Å². The van der Waals surface area contributed by atoms with E-state index in [4.69, 9.17) is 0 Å². The van der Waals surface area contributed by atoms with Crippen LogP contribution in [0.5, 0.6) is 0 Å². The Hall–Kier alpha value is -0.365. The molecule has 0 aromatic rings. The maximum absolute atomic E-state index is 2.92. The summed E-state index contributed by atoms with van der Waals surface area (Å²) in [5.41, 5.74) is 0.565. The third kappa shape index (κ3) is 3.03. The van der Waals surface area contributed by atoms with Gasteiger partial charge >= 0.3 is 187 Å². The van der Waals surface area contributed by atoms with E-state index in [1.807, 2.05) is 0 Å². The van der Waals surface area contributed by atoms with E-state index in [-0.39, 0.29) is 21.7 Å². The van der Waals surface area contributed by atoms with Crippen LogP contribution in [0, 0.1) is 46.2 Å². The molecule has 0 spiro atoms. The topological polar surface area (TPSA) is 0 Å². The van der Waals surface area contributed by atoms with Crippen LogP contribution in [0.2, 0.25) is 5.45 Å². The van der Waals surface area contributed by atoms with Crippen LogP contribution in [0.3, 0.4) is 0 Å². The van der Waals surface area contributed by atoms with Gasteiger partial charge in [0, 0.05) is 0 Å². The molecule has 1 heteroatoms. The molecule has 0 amide bonds. The summed E-state index contributed by atoms with van der Waals surface area (Å²) in [6.45, 7) is 22.2. The molecule has 0 aliphatic heterocycles. The molecule has 0 N–H and O–H groups in total. The number of allylic oxidation sites excluding steroid dienone is 12. The number of hydrogen-bond acceptors (Lipinski definition) is 0. The van der Waals surface area contributed by atoms with E-state index in [9.17, 15) is 0 Å². The van der Waals surface area contributed by atoms with E-state index in [1.165, 1.54) is 0 Å². The fourth-order valence-corrected chi connectivity index (χ4v) is 27.3. The Morgan fingerprint density at radius 2 is 0.571 bits per heavy atom. The summed E-state index contributed by atoms with van der Waals surface area (Å²) in [7, 11) is 0. The third-order valence-corrected chi connectivity index (χ3v) is 28.7. The van der Waals surface area contributed by atoms with Crippen LogP contribution in [-0.2, 0) is 0 Å². The summed E-state index contributed by atoms with van der Waals surface area (Å²) < 4.78 is 0.517. The second-order valence-corrected chi connectivity index (χ2v) is 23.9. The molecule has 0 aromatic carbocycles. The summed E-state index contributed by atoms with van der Waals surface area (Å²) >= 11 is -2.92. The maximum atomic E-state index is 2.60. The Bertz CT molecular complexity index is 645. The second-order valence-electron chi connectivity index (χ2n) is 12.1. The molecule has 0 fully saturated rings. The van der Waals surface area contributed by atoms with E-state index >= 15 is 0 Å². The van der Waals surface area contributed by atoms with Crippen LogP contribution < -0.4 is 0 Å². The van der Waals surface area contributed by atoms with Crippen molar-refractivity contribution in [3.05, 3.63) is 72.9 Å². The van der Waals surface area contributed by atoms with Gasteiger partial charge in [-0.2, -0.15) is 0 Å². The molecule has 0 bridgehead atoms. The molecule has 0 unspecified atom stereocenters. The number of hydrogen-bond donors (Lipinski definition) is 0. The van der Waals surface area contributed by atoms with Crippen LogP contribution in [0.25, 0.3) is 0 Å². The molecule has 28 heavy (non-hydrogen) atoms. The molecule has 3 rings (SSSR count). The molecule has 0 nitrogen and oxygen atoms in total. The first-order chi connectivity index (χ1) is 12.7. The fraction of sp³-hybridized carbons (Fsp3) is 0.556. The van der Waals surface area contributed by atoms with E-state index < -0.39 is 30.0 Å². The van der Waals surface area contributed by atoms with Crippen molar-refractivity contribution < 1.29 is 30.0 Å². The summed E-state index contributed by atoms with van der Waals surface area (Å²) in [5.74, 6) is 0. The Kier molecular flexibility index (Phi) is 5.44. The van der Waals surface area contributed by atoms with Gasteiger partial charge in [-0.1, -0.05) is 0 Å². The van der Waals surface area contributed by atoms with Crippen molar-refractivity contribution in [3.63, 3.8) is 0 Å². The van der Waals surface area contributed by atoms with Gasteiger partial charge in [0.1, 0.15) is 0 Å². The fourth-order valence-electron chi connectivity index (χ4n) is 6.02. The van der Waals surface area contributed by atoms with Crippen molar-refractivity contribution in [1.82, 2.24) is 0 Å². The first-order valence-electron chi connectivity index (χ1n) is 10.8. The van der Waals surface area contributed by atoms with Gasteiger partial charge in [-0.05, 0) is 0 Å². The normalized spacial score (nSPS) is 23.9. The van der Waals surface area contributed by atoms with Gasteiger partial charge in [0.25, 0.3) is 0 Å². The van der Waals surface area contributed by atoms with Gasteiger partial charge < -0.3 is 0 Å². The van der Waals surface area contributed by atoms with Gasteiger partial charge in [-0.25, -0.2) is 0 Å². The molecular weight excluding hydrogens is 463 g/mol. The van der Waals surface area contributed by atoms with Crippen LogP contribution in [0.15, 0.2) is 72.9 Å². The zero-order valence-electron chi connectivity index (χ0n) is 19.5. The van der Waals surface area contributed by atoms with Crippen LogP contribution in [0.1, 0.15) is 62.3 Å². The summed E-state index contributed by atoms with van der Waals surface area (Å²) in [5, 5.41) is 0. The molecule has 0 heterocycles. The van der Waals surface area contributed by atoms with Crippen molar-refractivity contribution in [3.8, 4) is 0 Å². The van der Waals surface area contributed by atoms with Gasteiger partial charge in [-0.3, -0.25) is 0 Å². The van der Waals surface area contributed by atoms with Crippen molar-refractivity contribution in [2.45, 2.75) is 67.8 Å². The molecule has 0 saturated heterocycles. The van der Waals surface area contributed by atoms with Crippen molar-refractivity contribution in [1.29, 1.82) is 0 Å². The van der Waals surface area contributed by atoms with Gasteiger partial charge in [0.15, 0.2) is 0 Å². The third-order valence-electron chi connectivity index (χ3n) is 7.90. The van der Waals surface area contributed by atoms with Gasteiger partial charge in [-0.15, -0.1) is 0 Å². The zero-order valence-corrected chi connectivity index (χ0v) is 23.1. The molecule has 3 aliphatic carbocycles. The molecule has 0 aromatic heterocycles. The van der Waals surface area contributed by atoms with Crippen molar-refractivity contribution in [2.24, 2.45) is 16.2 Å². The van der Waals surface area contributed by atoms with Crippen LogP contribution in [-0.4, -0.2) is 0 Å². The van der Waals surface area contributed by atoms with E-state index in [2.05, 4.69) is 135 Å². The Morgan fingerprint density at radius 1 is 0.393 bits per heavy atom. The predicted molar refractivity (Wildman–Crippen MR) is 121 cm³/mol. The SMILES string of the molecule is CC(C)(C)[C]1([La]([C]2(C(C)(C)C)C=CC=C2)[C]2(C(C)(C)C)C=CC=C2)C=CC=C1. The molecule has 0 saturated carbocycles. The predicted octanol–water partition coefficient (Wildman–Crippen LogP) is 8.60. The average molecular weight is 503 g/mol. The monoisotopic (exact) mass is 502 g/mol. The average Bonchev–Trinajstić information content (AvgIpc) is 3.27. The van der Waals surface area contributed by atoms with Gasteiger partial charge in [0.2, 0.25) is 0 Å². The summed E-state index contributed by atoms with van der Waals surface area (Å²) in [4.78, 5) is 0. The molecule has 0 atom stereocenters. The molecule has 3 aliphatic rings. The van der Waals surface area contributed by atoms with Crippen LogP contribution in [0.4, 0.5) is 0 Å². The zero-order chi connectivity index (χ0) is 21.1. The summed E-state index contributed by atoms with van der Waals surface area (Å²) in [6.07, 6.45) is 29.6. The second kappa shape index (κ2) is 6.83. The Morgan fingerprint density at radius 3 is 0.714 bits per heavy atom. The quantitative estimate of drug-likeness (QED) is 0.363. The summed E-state index contributed by atoms with van der Waals surface area (Å²) in [6, 6.07) is 0. The molecule has 150 valence electrons. The van der Waals surface area contributed by atoms with Crippen molar-refractivity contribution >= 4 is 0 Å². The first-order valence-corrected chi connectivity index (χ1v) is 16.3. The Labute approximate surface area is 185 Å². The molecule has 0 radical (unpaired) electrons. The minimum absolute atomic E-state index is 0.172. The van der Waals surface area contributed by atoms with Gasteiger partial charge in [0.05, 0.1) is 0 Å². The Balaban J connectivity index is 2.44. The minimum atomic E-state index is -2.92.